The van der Waals surface area contributed by atoms with Crippen LogP contribution in [0.1, 0.15) is 48.4 Å². The van der Waals surface area contributed by atoms with Gasteiger partial charge >= 0.3 is 0 Å². The van der Waals surface area contributed by atoms with Gasteiger partial charge in [-0.15, -0.1) is 0 Å². The second kappa shape index (κ2) is 11.8. The molecular formula is C33H35N5OS. The van der Waals surface area contributed by atoms with Crippen LogP contribution in [0.2, 0.25) is 0 Å². The van der Waals surface area contributed by atoms with Gasteiger partial charge < -0.3 is 10.6 Å². The lowest BCUT2D eigenvalue weighted by atomic mass is 10.0. The first-order valence-corrected chi connectivity index (χ1v) is 14.9. The highest BCUT2D eigenvalue weighted by molar-refractivity contribution is 7.99. The zero-order valence-corrected chi connectivity index (χ0v) is 23.8. The first-order chi connectivity index (χ1) is 19.5. The third kappa shape index (κ3) is 6.06. The van der Waals surface area contributed by atoms with E-state index in [4.69, 9.17) is 0 Å². The number of benzene rings is 3. The van der Waals surface area contributed by atoms with Crippen LogP contribution >= 0.6 is 11.8 Å². The van der Waals surface area contributed by atoms with Crippen molar-refractivity contribution in [1.29, 1.82) is 0 Å². The van der Waals surface area contributed by atoms with E-state index in [0.717, 1.165) is 54.6 Å². The highest BCUT2D eigenvalue weighted by Gasteiger charge is 2.37. The number of aryl methyl sites for hydroxylation is 2. The van der Waals surface area contributed by atoms with Gasteiger partial charge in [0.05, 0.1) is 6.04 Å². The van der Waals surface area contributed by atoms with E-state index in [-0.39, 0.29) is 17.2 Å². The van der Waals surface area contributed by atoms with Crippen LogP contribution in [-0.4, -0.2) is 38.6 Å². The molecule has 3 heterocycles. The molecule has 6 nitrogen and oxygen atoms in total. The molecule has 4 aromatic rings. The van der Waals surface area contributed by atoms with Gasteiger partial charge in [0.15, 0.2) is 5.16 Å². The Kier molecular flexibility index (Phi) is 7.84. The van der Waals surface area contributed by atoms with Gasteiger partial charge in [0, 0.05) is 47.8 Å². The predicted molar refractivity (Wildman–Crippen MR) is 163 cm³/mol. The van der Waals surface area contributed by atoms with Crippen molar-refractivity contribution in [3.05, 3.63) is 107 Å². The lowest BCUT2D eigenvalue weighted by molar-refractivity contribution is -0.120. The summed E-state index contributed by atoms with van der Waals surface area (Å²) in [5.41, 5.74) is 8.15. The minimum atomic E-state index is -0.238. The van der Waals surface area contributed by atoms with Crippen molar-refractivity contribution in [2.24, 2.45) is 0 Å². The standard InChI is InChI=1S/C33H35N5OS/c1-22(2)24-10-8-23(9-11-24)20-38-21-28(40-33-34-16-5-17-35-33)19-31(38)32(39)36-27-15-14-26-13-12-25-6-3-4-7-29(25)37-30(26)18-27/h3-11,14-18,22,28,31,37H,12-13,19-21H2,1-2H3,(H,36,39)/t28-,31-/m0/s1. The third-order valence-electron chi connectivity index (χ3n) is 7.84. The summed E-state index contributed by atoms with van der Waals surface area (Å²) >= 11 is 1.66. The monoisotopic (exact) mass is 549 g/mol. The second-order valence-corrected chi connectivity index (χ2v) is 12.3. The number of rotatable bonds is 7. The number of para-hydroxylation sites is 1. The summed E-state index contributed by atoms with van der Waals surface area (Å²) in [5.74, 6) is 0.528. The fourth-order valence-electron chi connectivity index (χ4n) is 5.62. The van der Waals surface area contributed by atoms with Crippen molar-refractivity contribution in [3.8, 4) is 0 Å². The molecule has 6 rings (SSSR count). The molecule has 2 atom stereocenters. The van der Waals surface area contributed by atoms with Crippen molar-refractivity contribution >= 4 is 34.7 Å². The molecule has 1 aromatic heterocycles. The van der Waals surface area contributed by atoms with Gasteiger partial charge in [-0.1, -0.05) is 74.1 Å². The number of carbonyl (C=O) groups excluding carboxylic acids is 1. The average molecular weight is 550 g/mol. The minimum absolute atomic E-state index is 0.0323. The number of thioether (sulfide) groups is 1. The maximum Gasteiger partial charge on any atom is 0.241 e. The zero-order chi connectivity index (χ0) is 27.5. The summed E-state index contributed by atoms with van der Waals surface area (Å²) in [6.45, 7) is 5.95. The van der Waals surface area contributed by atoms with Crippen molar-refractivity contribution in [1.82, 2.24) is 14.9 Å². The SMILES string of the molecule is CC(C)c1ccc(CN2C[C@@H](Sc3ncccn3)C[C@H]2C(=O)Nc2ccc3c(c2)Nc2ccccc2CC3)cc1. The predicted octanol–water partition coefficient (Wildman–Crippen LogP) is 6.82. The Morgan fingerprint density at radius 2 is 1.73 bits per heavy atom. The van der Waals surface area contributed by atoms with E-state index in [1.165, 1.54) is 22.3 Å². The van der Waals surface area contributed by atoms with Crippen LogP contribution in [0.3, 0.4) is 0 Å². The quantitative estimate of drug-likeness (QED) is 0.247. The van der Waals surface area contributed by atoms with Gasteiger partial charge in [-0.25, -0.2) is 9.97 Å². The maximum absolute atomic E-state index is 13.8. The van der Waals surface area contributed by atoms with E-state index >= 15 is 0 Å². The molecule has 0 spiro atoms. The first kappa shape index (κ1) is 26.5. The molecule has 2 aliphatic rings. The van der Waals surface area contributed by atoms with E-state index in [2.05, 4.69) is 100 Å². The molecule has 204 valence electrons. The highest BCUT2D eigenvalue weighted by Crippen LogP contribution is 2.34. The lowest BCUT2D eigenvalue weighted by Crippen LogP contribution is -2.39. The number of carbonyl (C=O) groups is 1. The summed E-state index contributed by atoms with van der Waals surface area (Å²) in [4.78, 5) is 24.9. The number of amides is 1. The molecule has 2 aliphatic heterocycles. The number of anilines is 3. The Morgan fingerprint density at radius 3 is 2.50 bits per heavy atom. The normalized spacial score (nSPS) is 18.5. The van der Waals surface area contributed by atoms with Crippen molar-refractivity contribution < 1.29 is 4.79 Å². The van der Waals surface area contributed by atoms with Crippen LogP contribution in [0, 0.1) is 0 Å². The lowest BCUT2D eigenvalue weighted by Gasteiger charge is -2.24. The topological polar surface area (TPSA) is 70.2 Å². The summed E-state index contributed by atoms with van der Waals surface area (Å²) in [5, 5.41) is 7.83. The fraction of sp³-hybridized carbons (Fsp3) is 0.303. The Hall–Kier alpha value is -3.68. The zero-order valence-electron chi connectivity index (χ0n) is 23.0. The average Bonchev–Trinajstić information content (AvgIpc) is 3.25. The Labute approximate surface area is 240 Å². The third-order valence-corrected chi connectivity index (χ3v) is 8.94. The molecule has 3 aromatic carbocycles. The number of nitrogens with zero attached hydrogens (tertiary/aromatic N) is 3. The van der Waals surface area contributed by atoms with Crippen molar-refractivity contribution in [2.75, 3.05) is 17.2 Å². The van der Waals surface area contributed by atoms with Gasteiger partial charge in [-0.3, -0.25) is 9.69 Å². The Balaban J connectivity index is 1.20. The molecule has 1 fully saturated rings. The Bertz CT molecular complexity index is 1470. The molecule has 0 bridgehead atoms. The van der Waals surface area contributed by atoms with Crippen molar-refractivity contribution in [2.45, 2.75) is 62.0 Å². The molecule has 0 radical (unpaired) electrons. The number of nitrogens with one attached hydrogen (secondary N) is 2. The van der Waals surface area contributed by atoms with Gasteiger partial charge in [0.25, 0.3) is 0 Å². The number of fused-ring (bicyclic) bond motifs is 2. The van der Waals surface area contributed by atoms with Crippen LogP contribution in [0.5, 0.6) is 0 Å². The molecule has 7 heteroatoms. The smallest absolute Gasteiger partial charge is 0.241 e. The fourth-order valence-corrected chi connectivity index (χ4v) is 6.71. The van der Waals surface area contributed by atoms with E-state index in [0.29, 0.717) is 5.92 Å². The molecular weight excluding hydrogens is 514 g/mol. The van der Waals surface area contributed by atoms with Crippen LogP contribution < -0.4 is 10.6 Å². The summed E-state index contributed by atoms with van der Waals surface area (Å²) < 4.78 is 0. The number of likely N-dealkylation sites (tertiary alicyclic amines) is 1. The van der Waals surface area contributed by atoms with E-state index in [1.807, 2.05) is 12.1 Å². The van der Waals surface area contributed by atoms with Gasteiger partial charge in [-0.2, -0.15) is 0 Å². The minimum Gasteiger partial charge on any atom is -0.355 e. The van der Waals surface area contributed by atoms with Crippen LogP contribution in [0.25, 0.3) is 0 Å². The summed E-state index contributed by atoms with van der Waals surface area (Å²) in [7, 11) is 0. The molecule has 0 unspecified atom stereocenters. The van der Waals surface area contributed by atoms with Crippen LogP contribution in [0.15, 0.2) is 90.3 Å². The van der Waals surface area contributed by atoms with E-state index in [1.54, 1.807) is 24.2 Å². The van der Waals surface area contributed by atoms with E-state index in [9.17, 15) is 4.79 Å². The second-order valence-electron chi connectivity index (χ2n) is 11.0. The largest absolute Gasteiger partial charge is 0.355 e. The molecule has 0 saturated carbocycles. The maximum atomic E-state index is 13.8. The number of aromatic nitrogens is 2. The van der Waals surface area contributed by atoms with Gasteiger partial charge in [0.2, 0.25) is 5.91 Å². The van der Waals surface area contributed by atoms with Gasteiger partial charge in [0.1, 0.15) is 0 Å². The highest BCUT2D eigenvalue weighted by atomic mass is 32.2. The number of hydrogen-bond acceptors (Lipinski definition) is 6. The van der Waals surface area contributed by atoms with E-state index < -0.39 is 0 Å². The molecule has 2 N–H and O–H groups in total. The van der Waals surface area contributed by atoms with Crippen LogP contribution in [0.4, 0.5) is 17.1 Å². The first-order valence-electron chi connectivity index (χ1n) is 14.1. The van der Waals surface area contributed by atoms with Gasteiger partial charge in [-0.05, 0) is 71.7 Å². The molecule has 1 saturated heterocycles. The molecule has 1 amide bonds. The number of hydrogen-bond donors (Lipinski definition) is 2. The van der Waals surface area contributed by atoms with Crippen molar-refractivity contribution in [3.63, 3.8) is 0 Å². The molecule has 0 aliphatic carbocycles. The van der Waals surface area contributed by atoms with Crippen LogP contribution in [-0.2, 0) is 24.2 Å². The summed E-state index contributed by atoms with van der Waals surface area (Å²) in [6.07, 6.45) is 6.26. The molecule has 40 heavy (non-hydrogen) atoms. The Morgan fingerprint density at radius 1 is 0.975 bits per heavy atom. The summed E-state index contributed by atoms with van der Waals surface area (Å²) in [6, 6.07) is 25.1.